The molecule has 7 nitrogen and oxygen atoms in total. The zero-order valence-corrected chi connectivity index (χ0v) is 12.3. The van der Waals surface area contributed by atoms with E-state index in [1.807, 2.05) is 24.1 Å². The lowest BCUT2D eigenvalue weighted by Gasteiger charge is -2.17. The maximum atomic E-state index is 10.2. The molecular weight excluding hydrogens is 282 g/mol. The average Bonchev–Trinajstić information content (AvgIpc) is 3.15. The summed E-state index contributed by atoms with van der Waals surface area (Å²) in [6.07, 6.45) is 4.07. The van der Waals surface area contributed by atoms with Crippen molar-refractivity contribution in [3.05, 3.63) is 36.3 Å². The van der Waals surface area contributed by atoms with Crippen molar-refractivity contribution < 1.29 is 9.84 Å². The predicted octanol–water partition coefficient (Wildman–Crippen LogP) is 0.798. The Balaban J connectivity index is 1.67. The van der Waals surface area contributed by atoms with Gasteiger partial charge in [-0.3, -0.25) is 4.68 Å². The summed E-state index contributed by atoms with van der Waals surface area (Å²) in [6.45, 7) is 3.76. The number of nitriles is 1. The van der Waals surface area contributed by atoms with Gasteiger partial charge in [0.15, 0.2) is 5.75 Å². The third-order valence-corrected chi connectivity index (χ3v) is 3.66. The number of rotatable bonds is 4. The lowest BCUT2D eigenvalue weighted by molar-refractivity contribution is 0.0737. The van der Waals surface area contributed by atoms with Gasteiger partial charge in [0.2, 0.25) is 0 Å². The van der Waals surface area contributed by atoms with Gasteiger partial charge in [-0.15, -0.1) is 0 Å². The van der Waals surface area contributed by atoms with Crippen LogP contribution in [0.3, 0.4) is 0 Å². The summed E-state index contributed by atoms with van der Waals surface area (Å²) in [6, 6.07) is 5.54. The van der Waals surface area contributed by atoms with E-state index in [-0.39, 0.29) is 6.10 Å². The van der Waals surface area contributed by atoms with Crippen LogP contribution in [-0.4, -0.2) is 45.2 Å². The molecule has 3 rings (SSSR count). The first-order valence-corrected chi connectivity index (χ1v) is 7.18. The van der Waals surface area contributed by atoms with E-state index in [9.17, 15) is 5.11 Å². The molecular formula is C15H17N5O2. The average molecular weight is 299 g/mol. The summed E-state index contributed by atoms with van der Waals surface area (Å²) in [7, 11) is 0. The number of ether oxygens (including phenoxy) is 1. The van der Waals surface area contributed by atoms with Crippen molar-refractivity contribution in [3.63, 3.8) is 0 Å². The summed E-state index contributed by atoms with van der Waals surface area (Å²) >= 11 is 0. The summed E-state index contributed by atoms with van der Waals surface area (Å²) in [5, 5.41) is 23.1. The lowest BCUT2D eigenvalue weighted by Crippen LogP contribution is -2.29. The highest BCUT2D eigenvalue weighted by Gasteiger charge is 2.34. The molecule has 0 spiro atoms. The molecule has 0 radical (unpaired) electrons. The van der Waals surface area contributed by atoms with E-state index in [1.54, 1.807) is 23.0 Å². The van der Waals surface area contributed by atoms with Gasteiger partial charge in [-0.1, -0.05) is 0 Å². The number of aliphatic hydroxyl groups excluding tert-OH is 1. The summed E-state index contributed by atoms with van der Waals surface area (Å²) in [5.74, 6) is 1.38. The lowest BCUT2D eigenvalue weighted by atomic mass is 10.3. The highest BCUT2D eigenvalue weighted by atomic mass is 16.5. The van der Waals surface area contributed by atoms with Crippen LogP contribution in [-0.2, 0) is 6.54 Å². The second-order valence-corrected chi connectivity index (χ2v) is 5.18. The first kappa shape index (κ1) is 14.4. The highest BCUT2D eigenvalue weighted by molar-refractivity contribution is 5.43. The number of hydrogen-bond donors (Lipinski definition) is 1. The fourth-order valence-corrected chi connectivity index (χ4v) is 2.45. The van der Waals surface area contributed by atoms with Crippen LogP contribution in [0.2, 0.25) is 0 Å². The van der Waals surface area contributed by atoms with Crippen molar-refractivity contribution in [2.75, 3.05) is 18.0 Å². The van der Waals surface area contributed by atoms with E-state index in [1.165, 1.54) is 6.20 Å². The Morgan fingerprint density at radius 3 is 2.91 bits per heavy atom. The van der Waals surface area contributed by atoms with E-state index in [0.717, 1.165) is 12.4 Å². The minimum absolute atomic E-state index is 0.327. The molecule has 2 aromatic heterocycles. The van der Waals surface area contributed by atoms with Crippen LogP contribution in [0.1, 0.15) is 12.5 Å². The van der Waals surface area contributed by atoms with Crippen LogP contribution in [0.4, 0.5) is 5.82 Å². The minimum Gasteiger partial charge on any atom is -0.482 e. The Kier molecular flexibility index (Phi) is 3.94. The molecule has 1 aliphatic rings. The molecule has 0 amide bonds. The monoisotopic (exact) mass is 299 g/mol. The number of aryl methyl sites for hydroxylation is 1. The molecule has 0 aromatic carbocycles. The van der Waals surface area contributed by atoms with Gasteiger partial charge in [0.25, 0.3) is 0 Å². The van der Waals surface area contributed by atoms with Crippen LogP contribution >= 0.6 is 0 Å². The summed E-state index contributed by atoms with van der Waals surface area (Å²) < 4.78 is 7.59. The van der Waals surface area contributed by atoms with Gasteiger partial charge in [0, 0.05) is 19.3 Å². The zero-order valence-electron chi connectivity index (χ0n) is 12.3. The maximum Gasteiger partial charge on any atom is 0.157 e. The number of nitrogens with zero attached hydrogens (tertiary/aromatic N) is 5. The van der Waals surface area contributed by atoms with Crippen LogP contribution in [0.5, 0.6) is 5.75 Å². The van der Waals surface area contributed by atoms with Crippen molar-refractivity contribution in [1.82, 2.24) is 14.8 Å². The molecule has 2 atom stereocenters. The number of β-amino-alcohol motifs (C(OH)–C–C–N with tert-alkyl or cyclic N) is 1. The van der Waals surface area contributed by atoms with Crippen molar-refractivity contribution >= 4 is 5.82 Å². The molecule has 7 heteroatoms. The number of aliphatic hydroxyl groups is 1. The van der Waals surface area contributed by atoms with Crippen molar-refractivity contribution in [2.45, 2.75) is 25.7 Å². The molecule has 114 valence electrons. The Bertz CT molecular complexity index is 676. The summed E-state index contributed by atoms with van der Waals surface area (Å²) in [5.41, 5.74) is 0.517. The van der Waals surface area contributed by atoms with Crippen LogP contribution in [0.15, 0.2) is 30.7 Å². The SMILES string of the molecule is CCn1cc(O[C@@H]2CN(c3ccc(C#N)cn3)C[C@H]2O)cn1. The Morgan fingerprint density at radius 2 is 2.27 bits per heavy atom. The summed E-state index contributed by atoms with van der Waals surface area (Å²) in [4.78, 5) is 6.19. The first-order chi connectivity index (χ1) is 10.7. The molecule has 1 N–H and O–H groups in total. The van der Waals surface area contributed by atoms with Gasteiger partial charge in [-0.25, -0.2) is 4.98 Å². The number of hydrogen-bond acceptors (Lipinski definition) is 6. The molecule has 1 fully saturated rings. The Labute approximate surface area is 128 Å². The van der Waals surface area contributed by atoms with E-state index in [0.29, 0.717) is 24.4 Å². The zero-order chi connectivity index (χ0) is 15.5. The smallest absolute Gasteiger partial charge is 0.157 e. The first-order valence-electron chi connectivity index (χ1n) is 7.18. The largest absolute Gasteiger partial charge is 0.482 e. The van der Waals surface area contributed by atoms with Crippen molar-refractivity contribution in [1.29, 1.82) is 5.26 Å². The van der Waals surface area contributed by atoms with Gasteiger partial charge in [0.1, 0.15) is 24.1 Å². The highest BCUT2D eigenvalue weighted by Crippen LogP contribution is 2.22. The third-order valence-electron chi connectivity index (χ3n) is 3.66. The van der Waals surface area contributed by atoms with E-state index >= 15 is 0 Å². The Hall–Kier alpha value is -2.59. The van der Waals surface area contributed by atoms with Crippen LogP contribution in [0.25, 0.3) is 0 Å². The number of aromatic nitrogens is 3. The topological polar surface area (TPSA) is 87.2 Å². The maximum absolute atomic E-state index is 10.2. The van der Waals surface area contributed by atoms with Crippen LogP contribution < -0.4 is 9.64 Å². The van der Waals surface area contributed by atoms with Gasteiger partial charge >= 0.3 is 0 Å². The quantitative estimate of drug-likeness (QED) is 0.898. The second-order valence-electron chi connectivity index (χ2n) is 5.18. The molecule has 0 unspecified atom stereocenters. The molecule has 0 bridgehead atoms. The minimum atomic E-state index is -0.595. The standard InChI is InChI=1S/C15H17N5O2/c1-2-20-8-12(7-18-20)22-14-10-19(9-13(14)21)15-4-3-11(5-16)6-17-15/h3-4,6-8,13-14,21H,2,9-10H2,1H3/t13-,14-/m1/s1. The molecule has 2 aromatic rings. The fourth-order valence-electron chi connectivity index (χ4n) is 2.45. The number of anilines is 1. The molecule has 1 aliphatic heterocycles. The molecule has 22 heavy (non-hydrogen) atoms. The van der Waals surface area contributed by atoms with Gasteiger partial charge in [0.05, 0.1) is 24.5 Å². The Morgan fingerprint density at radius 1 is 1.41 bits per heavy atom. The predicted molar refractivity (Wildman–Crippen MR) is 79.5 cm³/mol. The van der Waals surface area contributed by atoms with Gasteiger partial charge in [-0.05, 0) is 19.1 Å². The van der Waals surface area contributed by atoms with E-state index in [2.05, 4.69) is 10.1 Å². The van der Waals surface area contributed by atoms with Crippen LogP contribution in [0, 0.1) is 11.3 Å². The van der Waals surface area contributed by atoms with Gasteiger partial charge in [-0.2, -0.15) is 10.4 Å². The van der Waals surface area contributed by atoms with Crippen molar-refractivity contribution in [2.24, 2.45) is 0 Å². The molecule has 0 saturated carbocycles. The normalized spacial score (nSPS) is 20.9. The third kappa shape index (κ3) is 2.87. The van der Waals surface area contributed by atoms with E-state index in [4.69, 9.17) is 10.00 Å². The van der Waals surface area contributed by atoms with E-state index < -0.39 is 6.10 Å². The van der Waals surface area contributed by atoms with Crippen molar-refractivity contribution in [3.8, 4) is 11.8 Å². The fraction of sp³-hybridized carbons (Fsp3) is 0.400. The molecule has 0 aliphatic carbocycles. The number of pyridine rings is 1. The van der Waals surface area contributed by atoms with Gasteiger partial charge < -0.3 is 14.7 Å². The molecule has 1 saturated heterocycles. The second kappa shape index (κ2) is 6.03. The molecule has 3 heterocycles.